The Morgan fingerprint density at radius 1 is 1.37 bits per heavy atom. The minimum Gasteiger partial charge on any atom is -0.353 e. The highest BCUT2D eigenvalue weighted by molar-refractivity contribution is 5.58. The lowest BCUT2D eigenvalue weighted by molar-refractivity contribution is 0.199. The van der Waals surface area contributed by atoms with Crippen molar-refractivity contribution in [2.24, 2.45) is 5.84 Å². The van der Waals surface area contributed by atoms with Crippen LogP contribution in [0.2, 0.25) is 0 Å². The van der Waals surface area contributed by atoms with Crippen LogP contribution in [0, 0.1) is 0 Å². The van der Waals surface area contributed by atoms with Crippen LogP contribution in [0.1, 0.15) is 26.3 Å². The first kappa shape index (κ1) is 14.0. The Kier molecular flexibility index (Phi) is 4.55. The molecule has 0 saturated carbocycles. The van der Waals surface area contributed by atoms with Gasteiger partial charge >= 0.3 is 0 Å². The number of nitrogens with one attached hydrogen (secondary N) is 1. The third kappa shape index (κ3) is 2.79. The van der Waals surface area contributed by atoms with E-state index in [-0.39, 0.29) is 0 Å². The number of anilines is 2. The minimum atomic E-state index is 0.549. The van der Waals surface area contributed by atoms with Gasteiger partial charge < -0.3 is 10.3 Å². The van der Waals surface area contributed by atoms with Gasteiger partial charge in [0.25, 0.3) is 0 Å². The quantitative estimate of drug-likeness (QED) is 0.621. The lowest BCUT2D eigenvalue weighted by Crippen LogP contribution is -2.52. The van der Waals surface area contributed by atoms with Crippen LogP contribution in [-0.4, -0.2) is 47.1 Å². The monoisotopic (exact) mass is 264 g/mol. The second-order valence-corrected chi connectivity index (χ2v) is 4.95. The summed E-state index contributed by atoms with van der Waals surface area (Å²) in [4.78, 5) is 13.5. The molecule has 6 nitrogen and oxygen atoms in total. The number of rotatable bonds is 4. The number of nitrogens with zero attached hydrogens (tertiary/aromatic N) is 4. The molecule has 106 valence electrons. The van der Waals surface area contributed by atoms with Gasteiger partial charge in [-0.15, -0.1) is 0 Å². The van der Waals surface area contributed by atoms with E-state index in [1.165, 1.54) is 0 Å². The van der Waals surface area contributed by atoms with E-state index < -0.39 is 0 Å². The van der Waals surface area contributed by atoms with Gasteiger partial charge in [-0.3, -0.25) is 4.90 Å². The van der Waals surface area contributed by atoms with Crippen molar-refractivity contribution >= 4 is 11.6 Å². The summed E-state index contributed by atoms with van der Waals surface area (Å²) >= 11 is 0. The Morgan fingerprint density at radius 3 is 2.74 bits per heavy atom. The topological polar surface area (TPSA) is 70.3 Å². The Labute approximate surface area is 115 Å². The smallest absolute Gasteiger partial charge is 0.148 e. The van der Waals surface area contributed by atoms with Crippen molar-refractivity contribution < 1.29 is 0 Å². The van der Waals surface area contributed by atoms with Gasteiger partial charge in [-0.2, -0.15) is 0 Å². The summed E-state index contributed by atoms with van der Waals surface area (Å²) in [6.07, 6.45) is 2.46. The number of likely N-dealkylation sites (N-methyl/N-ethyl adjacent to an activating group) is 1. The average Bonchev–Trinajstić information content (AvgIpc) is 2.46. The normalized spacial score (nSPS) is 20.6. The van der Waals surface area contributed by atoms with Crippen molar-refractivity contribution in [3.8, 4) is 0 Å². The molecule has 0 bridgehead atoms. The number of hydrazine groups is 1. The fourth-order valence-electron chi connectivity index (χ4n) is 2.78. The van der Waals surface area contributed by atoms with Crippen LogP contribution in [0.4, 0.5) is 11.6 Å². The summed E-state index contributed by atoms with van der Waals surface area (Å²) in [6.45, 7) is 10.8. The van der Waals surface area contributed by atoms with Crippen LogP contribution < -0.4 is 16.2 Å². The van der Waals surface area contributed by atoms with Crippen molar-refractivity contribution in [2.45, 2.75) is 33.2 Å². The summed E-state index contributed by atoms with van der Waals surface area (Å²) in [5.41, 5.74) is 3.77. The third-order valence-electron chi connectivity index (χ3n) is 3.88. The molecule has 1 unspecified atom stereocenters. The Morgan fingerprint density at radius 2 is 2.16 bits per heavy atom. The lowest BCUT2D eigenvalue weighted by Gasteiger charge is -2.40. The average molecular weight is 264 g/mol. The molecule has 1 aromatic rings. The zero-order valence-electron chi connectivity index (χ0n) is 12.1. The second-order valence-electron chi connectivity index (χ2n) is 4.95. The number of hydrogen-bond donors (Lipinski definition) is 2. The minimum absolute atomic E-state index is 0.549. The van der Waals surface area contributed by atoms with E-state index in [9.17, 15) is 0 Å². The van der Waals surface area contributed by atoms with Gasteiger partial charge in [0.1, 0.15) is 18.0 Å². The molecule has 1 atom stereocenters. The fourth-order valence-corrected chi connectivity index (χ4v) is 2.78. The first-order valence-corrected chi connectivity index (χ1v) is 7.00. The van der Waals surface area contributed by atoms with Gasteiger partial charge in [0, 0.05) is 31.2 Å². The van der Waals surface area contributed by atoms with E-state index in [4.69, 9.17) is 5.84 Å². The molecular weight excluding hydrogens is 240 g/mol. The van der Waals surface area contributed by atoms with E-state index in [1.54, 1.807) is 6.33 Å². The molecule has 2 rings (SSSR count). The number of nitrogens with two attached hydrogens (primary N) is 1. The van der Waals surface area contributed by atoms with Gasteiger partial charge in [-0.25, -0.2) is 15.8 Å². The van der Waals surface area contributed by atoms with E-state index in [0.717, 1.165) is 49.8 Å². The molecule has 1 aliphatic rings. The molecule has 19 heavy (non-hydrogen) atoms. The predicted molar refractivity (Wildman–Crippen MR) is 78.1 cm³/mol. The fraction of sp³-hybridized carbons (Fsp3) is 0.692. The molecule has 3 N–H and O–H groups in total. The standard InChI is InChI=1S/C13H24N6/c1-4-11-12(17-14)15-9-16-13(11)19-7-6-18(5-2)10(3)8-19/h9-10H,4-8,14H2,1-3H3,(H,15,16,17). The second kappa shape index (κ2) is 6.16. The van der Waals surface area contributed by atoms with Gasteiger partial charge in [0.2, 0.25) is 0 Å². The molecular formula is C13H24N6. The van der Waals surface area contributed by atoms with Gasteiger partial charge in [0.05, 0.1) is 0 Å². The predicted octanol–water partition coefficient (Wildman–Crippen LogP) is 0.855. The maximum Gasteiger partial charge on any atom is 0.148 e. The molecule has 1 fully saturated rings. The van der Waals surface area contributed by atoms with Crippen LogP contribution in [0.5, 0.6) is 0 Å². The van der Waals surface area contributed by atoms with Crippen LogP contribution in [0.15, 0.2) is 6.33 Å². The summed E-state index contributed by atoms with van der Waals surface area (Å²) in [6, 6.07) is 0.549. The molecule has 0 aliphatic carbocycles. The van der Waals surface area contributed by atoms with Crippen LogP contribution in [0.3, 0.4) is 0 Å². The SMILES string of the molecule is CCc1c(NN)ncnc1N1CCN(CC)C(C)C1. The van der Waals surface area contributed by atoms with Crippen molar-refractivity contribution in [1.82, 2.24) is 14.9 Å². The maximum atomic E-state index is 5.53. The largest absolute Gasteiger partial charge is 0.353 e. The number of piperazine rings is 1. The molecule has 1 aromatic heterocycles. The molecule has 6 heteroatoms. The number of nitrogen functional groups attached to an aromatic ring is 1. The molecule has 0 radical (unpaired) electrons. The molecule has 2 heterocycles. The highest BCUT2D eigenvalue weighted by Gasteiger charge is 2.25. The zero-order chi connectivity index (χ0) is 13.8. The van der Waals surface area contributed by atoms with Gasteiger partial charge in [0.15, 0.2) is 0 Å². The summed E-state index contributed by atoms with van der Waals surface area (Å²) in [5, 5.41) is 0. The molecule has 1 saturated heterocycles. The highest BCUT2D eigenvalue weighted by Crippen LogP contribution is 2.25. The number of aromatic nitrogens is 2. The van der Waals surface area contributed by atoms with Gasteiger partial charge in [-0.1, -0.05) is 13.8 Å². The molecule has 0 aromatic carbocycles. The first-order valence-electron chi connectivity index (χ1n) is 7.00. The van der Waals surface area contributed by atoms with Crippen LogP contribution in [-0.2, 0) is 6.42 Å². The van der Waals surface area contributed by atoms with Crippen molar-refractivity contribution in [2.75, 3.05) is 36.5 Å². The van der Waals surface area contributed by atoms with E-state index in [1.807, 2.05) is 0 Å². The lowest BCUT2D eigenvalue weighted by atomic mass is 10.1. The van der Waals surface area contributed by atoms with E-state index in [0.29, 0.717) is 6.04 Å². The summed E-state index contributed by atoms with van der Waals surface area (Å²) in [7, 11) is 0. The Hall–Kier alpha value is -1.40. The van der Waals surface area contributed by atoms with E-state index in [2.05, 4.69) is 46.0 Å². The third-order valence-corrected chi connectivity index (χ3v) is 3.88. The first-order chi connectivity index (χ1) is 9.21. The van der Waals surface area contributed by atoms with Crippen molar-refractivity contribution in [1.29, 1.82) is 0 Å². The Balaban J connectivity index is 2.23. The van der Waals surface area contributed by atoms with Crippen LogP contribution in [0.25, 0.3) is 0 Å². The van der Waals surface area contributed by atoms with Gasteiger partial charge in [-0.05, 0) is 19.9 Å². The highest BCUT2D eigenvalue weighted by atomic mass is 15.3. The van der Waals surface area contributed by atoms with Crippen molar-refractivity contribution in [3.05, 3.63) is 11.9 Å². The molecule has 0 amide bonds. The summed E-state index contributed by atoms with van der Waals surface area (Å²) in [5.74, 6) is 7.28. The number of hydrogen-bond acceptors (Lipinski definition) is 6. The van der Waals surface area contributed by atoms with Crippen LogP contribution >= 0.6 is 0 Å². The molecule has 1 aliphatic heterocycles. The van der Waals surface area contributed by atoms with E-state index >= 15 is 0 Å². The Bertz CT molecular complexity index is 422. The summed E-state index contributed by atoms with van der Waals surface area (Å²) < 4.78 is 0. The maximum absolute atomic E-state index is 5.53. The molecule has 0 spiro atoms. The van der Waals surface area contributed by atoms with Crippen molar-refractivity contribution in [3.63, 3.8) is 0 Å². The zero-order valence-corrected chi connectivity index (χ0v) is 12.1.